The third-order valence-electron chi connectivity index (χ3n) is 4.87. The van der Waals surface area contributed by atoms with Crippen molar-refractivity contribution in [2.24, 2.45) is 0 Å². The highest BCUT2D eigenvalue weighted by Crippen LogP contribution is 2.23. The zero-order valence-corrected chi connectivity index (χ0v) is 21.6. The number of piperazine rings is 1. The lowest BCUT2D eigenvalue weighted by molar-refractivity contribution is -0.0101. The Morgan fingerprint density at radius 1 is 1.10 bits per heavy atom. The predicted octanol–water partition coefficient (Wildman–Crippen LogP) is 5.55. The fraction of sp³-hybridized carbons (Fsp3) is 0.640. The Morgan fingerprint density at radius 2 is 1.68 bits per heavy atom. The molecule has 1 aliphatic rings. The van der Waals surface area contributed by atoms with Crippen LogP contribution in [0.4, 0.5) is 5.69 Å². The number of nitriles is 1. The van der Waals surface area contributed by atoms with Crippen LogP contribution in [-0.2, 0) is 4.74 Å². The van der Waals surface area contributed by atoms with Crippen molar-refractivity contribution in [2.45, 2.75) is 66.0 Å². The molecule has 0 atom stereocenters. The largest absolute Gasteiger partial charge is 0.376 e. The molecule has 1 N–H and O–H groups in total. The number of nitrogens with one attached hydrogen (secondary N) is 1. The van der Waals surface area contributed by atoms with Gasteiger partial charge in [0.1, 0.15) is 11.0 Å². The Morgan fingerprint density at radius 3 is 2.19 bits per heavy atom. The van der Waals surface area contributed by atoms with E-state index in [1.165, 1.54) is 17.6 Å². The quantitative estimate of drug-likeness (QED) is 0.417. The molecule has 0 amide bonds. The first-order valence-corrected chi connectivity index (χ1v) is 12.1. The van der Waals surface area contributed by atoms with Crippen LogP contribution in [0.5, 0.6) is 0 Å². The smallest absolute Gasteiger partial charge is 0.107 e. The summed E-state index contributed by atoms with van der Waals surface area (Å²) in [7, 11) is 2.17. The van der Waals surface area contributed by atoms with Gasteiger partial charge in [0.05, 0.1) is 5.60 Å². The summed E-state index contributed by atoms with van der Waals surface area (Å²) in [5.41, 5.74) is 2.04. The monoisotopic (exact) mass is 446 g/mol. The van der Waals surface area contributed by atoms with E-state index in [9.17, 15) is 5.26 Å². The summed E-state index contributed by atoms with van der Waals surface area (Å²) < 4.78 is 9.24. The average Bonchev–Trinajstić information content (AvgIpc) is 2.72. The standard InChI is InChI=1S/C23H36N4OS.C2H6/c1-22(2,3)28-16-11-23(4,5)25-29-21(18-24)17-19-7-9-20(10-8-19)27-14-12-26(6)13-15-27;1-2/h7-10,17,25H,11-16H2,1-6H3;1-2H3/b21-17+;. The normalized spacial score (nSPS) is 15.8. The molecule has 0 saturated carbocycles. The molecule has 1 saturated heterocycles. The second kappa shape index (κ2) is 13.1. The van der Waals surface area contributed by atoms with Crippen LogP contribution in [0.15, 0.2) is 29.2 Å². The molecule has 1 aromatic rings. The Bertz CT molecular complexity index is 709. The summed E-state index contributed by atoms with van der Waals surface area (Å²) in [6.07, 6.45) is 2.81. The first kappa shape index (κ1) is 27.5. The first-order valence-electron chi connectivity index (χ1n) is 11.3. The van der Waals surface area contributed by atoms with Gasteiger partial charge in [-0.15, -0.1) is 0 Å². The van der Waals surface area contributed by atoms with E-state index in [1.807, 2.05) is 19.9 Å². The number of nitrogens with zero attached hydrogens (tertiary/aromatic N) is 3. The van der Waals surface area contributed by atoms with Crippen LogP contribution < -0.4 is 9.62 Å². The van der Waals surface area contributed by atoms with Gasteiger partial charge in [-0.1, -0.05) is 26.0 Å². The van der Waals surface area contributed by atoms with Gasteiger partial charge in [-0.3, -0.25) is 4.72 Å². The second-order valence-electron chi connectivity index (χ2n) is 9.30. The molecule has 0 bridgehead atoms. The number of anilines is 1. The van der Waals surface area contributed by atoms with Gasteiger partial charge in [0, 0.05) is 44.0 Å². The van der Waals surface area contributed by atoms with Gasteiger partial charge >= 0.3 is 0 Å². The molecule has 31 heavy (non-hydrogen) atoms. The van der Waals surface area contributed by atoms with Crippen molar-refractivity contribution in [1.29, 1.82) is 5.26 Å². The number of hydrogen-bond donors (Lipinski definition) is 1. The lowest BCUT2D eigenvalue weighted by Gasteiger charge is -2.34. The number of ether oxygens (including phenoxy) is 1. The fourth-order valence-electron chi connectivity index (χ4n) is 2.94. The van der Waals surface area contributed by atoms with E-state index in [0.29, 0.717) is 11.5 Å². The zero-order valence-electron chi connectivity index (χ0n) is 20.8. The minimum Gasteiger partial charge on any atom is -0.376 e. The molecule has 1 aliphatic heterocycles. The predicted molar refractivity (Wildman–Crippen MR) is 136 cm³/mol. The van der Waals surface area contributed by atoms with Crippen LogP contribution in [-0.4, -0.2) is 55.9 Å². The Labute approximate surface area is 195 Å². The van der Waals surface area contributed by atoms with Crippen LogP contribution in [0.3, 0.4) is 0 Å². The second-order valence-corrected chi connectivity index (χ2v) is 10.1. The third kappa shape index (κ3) is 11.1. The Balaban J connectivity index is 0.00000233. The van der Waals surface area contributed by atoms with Crippen molar-refractivity contribution in [3.63, 3.8) is 0 Å². The van der Waals surface area contributed by atoms with E-state index in [2.05, 4.69) is 86.5 Å². The van der Waals surface area contributed by atoms with Gasteiger partial charge in [-0.25, -0.2) is 0 Å². The van der Waals surface area contributed by atoms with Crippen LogP contribution >= 0.6 is 11.9 Å². The molecule has 0 aliphatic carbocycles. The van der Waals surface area contributed by atoms with E-state index < -0.39 is 0 Å². The highest BCUT2D eigenvalue weighted by atomic mass is 32.2. The van der Waals surface area contributed by atoms with Crippen molar-refractivity contribution in [3.05, 3.63) is 34.7 Å². The highest BCUT2D eigenvalue weighted by Gasteiger charge is 2.20. The summed E-state index contributed by atoms with van der Waals surface area (Å²) in [4.78, 5) is 5.42. The number of rotatable bonds is 8. The summed E-state index contributed by atoms with van der Waals surface area (Å²) in [6, 6.07) is 10.8. The van der Waals surface area contributed by atoms with E-state index in [4.69, 9.17) is 4.74 Å². The Kier molecular flexibility index (Phi) is 11.6. The maximum Gasteiger partial charge on any atom is 0.107 e. The maximum absolute atomic E-state index is 9.53. The summed E-state index contributed by atoms with van der Waals surface area (Å²) in [6.45, 7) is 19.4. The molecule has 6 heteroatoms. The zero-order chi connectivity index (χ0) is 23.5. The highest BCUT2D eigenvalue weighted by molar-refractivity contribution is 8.01. The lowest BCUT2D eigenvalue weighted by atomic mass is 10.0. The van der Waals surface area contributed by atoms with Crippen LogP contribution in [0.2, 0.25) is 0 Å². The van der Waals surface area contributed by atoms with Crippen LogP contribution in [0.1, 0.15) is 60.5 Å². The van der Waals surface area contributed by atoms with Crippen LogP contribution in [0, 0.1) is 11.3 Å². The van der Waals surface area contributed by atoms with Crippen molar-refractivity contribution >= 4 is 23.7 Å². The molecule has 1 heterocycles. The molecule has 1 aromatic carbocycles. The molecule has 0 unspecified atom stereocenters. The molecule has 0 spiro atoms. The number of benzene rings is 1. The van der Waals surface area contributed by atoms with Crippen molar-refractivity contribution < 1.29 is 4.74 Å². The third-order valence-corrected chi connectivity index (χ3v) is 5.95. The lowest BCUT2D eigenvalue weighted by Crippen LogP contribution is -2.44. The van der Waals surface area contributed by atoms with Gasteiger partial charge in [0.25, 0.3) is 0 Å². The van der Waals surface area contributed by atoms with Gasteiger partial charge in [-0.05, 0) is 83.8 Å². The molecule has 174 valence electrons. The number of hydrogen-bond acceptors (Lipinski definition) is 6. The molecular weight excluding hydrogens is 404 g/mol. The van der Waals surface area contributed by atoms with Crippen molar-refractivity contribution in [3.8, 4) is 6.07 Å². The SMILES string of the molecule is CC.CN1CCN(c2ccc(/C=C(\C#N)SNC(C)(C)CCOC(C)(C)C)cc2)CC1. The summed E-state index contributed by atoms with van der Waals surface area (Å²) in [5, 5.41) is 9.53. The fourth-order valence-corrected chi connectivity index (χ4v) is 3.67. The molecule has 0 radical (unpaired) electrons. The van der Waals surface area contributed by atoms with Crippen LogP contribution in [0.25, 0.3) is 6.08 Å². The summed E-state index contributed by atoms with van der Waals surface area (Å²) >= 11 is 1.39. The van der Waals surface area contributed by atoms with E-state index in [1.54, 1.807) is 0 Å². The van der Waals surface area contributed by atoms with E-state index in [-0.39, 0.29) is 11.1 Å². The Hall–Kier alpha value is -1.52. The van der Waals surface area contributed by atoms with Crippen molar-refractivity contribution in [2.75, 3.05) is 44.7 Å². The molecule has 5 nitrogen and oxygen atoms in total. The topological polar surface area (TPSA) is 51.5 Å². The van der Waals surface area contributed by atoms with Gasteiger partial charge in [0.2, 0.25) is 0 Å². The minimum absolute atomic E-state index is 0.128. The average molecular weight is 447 g/mol. The van der Waals surface area contributed by atoms with E-state index >= 15 is 0 Å². The molecule has 2 rings (SSSR count). The van der Waals surface area contributed by atoms with E-state index in [0.717, 1.165) is 38.2 Å². The molecule has 1 fully saturated rings. The maximum atomic E-state index is 9.53. The molecule has 0 aromatic heterocycles. The van der Waals surface area contributed by atoms with Crippen molar-refractivity contribution in [1.82, 2.24) is 9.62 Å². The summed E-state index contributed by atoms with van der Waals surface area (Å²) in [5.74, 6) is 0. The minimum atomic E-state index is -0.128. The van der Waals surface area contributed by atoms with Gasteiger partial charge < -0.3 is 14.5 Å². The van der Waals surface area contributed by atoms with Gasteiger partial charge in [-0.2, -0.15) is 5.26 Å². The molecular formula is C25H42N4OS. The number of allylic oxidation sites excluding steroid dienone is 1. The van der Waals surface area contributed by atoms with Gasteiger partial charge in [0.15, 0.2) is 0 Å². The number of likely N-dealkylation sites (N-methyl/N-ethyl adjacent to an activating group) is 1. The first-order chi connectivity index (χ1) is 14.6.